The van der Waals surface area contributed by atoms with Gasteiger partial charge in [-0.1, -0.05) is 0 Å². The fraction of sp³-hybridized carbons (Fsp3) is 0.600. The summed E-state index contributed by atoms with van der Waals surface area (Å²) in [4.78, 5) is 0. The smallest absolute Gasteiger partial charge is 0.206 e. The van der Waals surface area contributed by atoms with Gasteiger partial charge in [0.1, 0.15) is 4.21 Å². The SMILES string of the molecule is O=S(=O)(c1sccc1Br)N1CCC(CCCl)C1. The van der Waals surface area contributed by atoms with Crippen molar-refractivity contribution in [1.29, 1.82) is 0 Å². The molecule has 2 heterocycles. The third kappa shape index (κ3) is 2.87. The Morgan fingerprint density at radius 2 is 2.35 bits per heavy atom. The zero-order chi connectivity index (χ0) is 12.5. The van der Waals surface area contributed by atoms with Crippen LogP contribution in [0.25, 0.3) is 0 Å². The third-order valence-corrected chi connectivity index (χ3v) is 7.66. The van der Waals surface area contributed by atoms with E-state index in [1.54, 1.807) is 15.8 Å². The van der Waals surface area contributed by atoms with E-state index in [-0.39, 0.29) is 0 Å². The van der Waals surface area contributed by atoms with E-state index in [9.17, 15) is 8.42 Å². The number of hydrogen-bond donors (Lipinski definition) is 0. The summed E-state index contributed by atoms with van der Waals surface area (Å²) in [6, 6.07) is 1.77. The molecule has 1 fully saturated rings. The molecule has 1 aliphatic heterocycles. The van der Waals surface area contributed by atoms with Crippen molar-refractivity contribution in [3.05, 3.63) is 15.9 Å². The molecule has 2 rings (SSSR count). The molecular weight excluding hydrogens is 346 g/mol. The van der Waals surface area contributed by atoms with Crippen molar-refractivity contribution in [2.24, 2.45) is 5.92 Å². The van der Waals surface area contributed by atoms with E-state index in [2.05, 4.69) is 15.9 Å². The van der Waals surface area contributed by atoms with Crippen molar-refractivity contribution in [2.75, 3.05) is 19.0 Å². The first-order valence-electron chi connectivity index (χ1n) is 5.35. The first-order valence-corrected chi connectivity index (χ1v) is 8.99. The molecule has 7 heteroatoms. The van der Waals surface area contributed by atoms with E-state index in [0.717, 1.165) is 12.8 Å². The topological polar surface area (TPSA) is 37.4 Å². The summed E-state index contributed by atoms with van der Waals surface area (Å²) in [5.41, 5.74) is 0. The lowest BCUT2D eigenvalue weighted by molar-refractivity contribution is 0.454. The molecule has 1 atom stereocenters. The third-order valence-electron chi connectivity index (χ3n) is 2.92. The molecule has 0 radical (unpaired) electrons. The zero-order valence-electron chi connectivity index (χ0n) is 9.10. The van der Waals surface area contributed by atoms with Gasteiger partial charge in [0.25, 0.3) is 10.0 Å². The Hall–Kier alpha value is 0.380. The van der Waals surface area contributed by atoms with E-state index < -0.39 is 10.0 Å². The largest absolute Gasteiger partial charge is 0.253 e. The maximum atomic E-state index is 12.3. The summed E-state index contributed by atoms with van der Waals surface area (Å²) >= 11 is 10.2. The highest BCUT2D eigenvalue weighted by molar-refractivity contribution is 9.10. The first kappa shape index (κ1) is 13.8. The van der Waals surface area contributed by atoms with Crippen molar-refractivity contribution in [1.82, 2.24) is 4.31 Å². The predicted molar refractivity (Wildman–Crippen MR) is 74.2 cm³/mol. The standard InChI is InChI=1S/C10H13BrClNO2S2/c11-9-3-6-16-10(9)17(14,15)13-5-2-8(7-13)1-4-12/h3,6,8H,1-2,4-5,7H2. The van der Waals surface area contributed by atoms with Crippen LogP contribution < -0.4 is 0 Å². The minimum Gasteiger partial charge on any atom is -0.206 e. The summed E-state index contributed by atoms with van der Waals surface area (Å²) in [5.74, 6) is 1.00. The Bertz CT molecular complexity index is 488. The Kier molecular flexibility index (Phi) is 4.52. The first-order chi connectivity index (χ1) is 8.05. The van der Waals surface area contributed by atoms with E-state index in [1.807, 2.05) is 0 Å². The molecule has 1 aromatic heterocycles. The Labute approximate surface area is 119 Å². The number of rotatable bonds is 4. The molecule has 3 nitrogen and oxygen atoms in total. The van der Waals surface area contributed by atoms with Gasteiger partial charge in [-0.2, -0.15) is 4.31 Å². The lowest BCUT2D eigenvalue weighted by Gasteiger charge is -2.15. The van der Waals surface area contributed by atoms with Gasteiger partial charge in [-0.05, 0) is 46.1 Å². The van der Waals surface area contributed by atoms with Crippen LogP contribution in [0.5, 0.6) is 0 Å². The van der Waals surface area contributed by atoms with Gasteiger partial charge < -0.3 is 0 Å². The van der Waals surface area contributed by atoms with Crippen molar-refractivity contribution in [3.63, 3.8) is 0 Å². The lowest BCUT2D eigenvalue weighted by atomic mass is 10.1. The molecule has 1 aromatic rings. The van der Waals surface area contributed by atoms with Crippen LogP contribution in [0.4, 0.5) is 0 Å². The quantitative estimate of drug-likeness (QED) is 0.775. The molecule has 1 unspecified atom stereocenters. The van der Waals surface area contributed by atoms with Crippen molar-refractivity contribution in [3.8, 4) is 0 Å². The molecule has 0 spiro atoms. The summed E-state index contributed by atoms with van der Waals surface area (Å²) in [6.07, 6.45) is 1.80. The highest BCUT2D eigenvalue weighted by Gasteiger charge is 2.33. The molecule has 1 saturated heterocycles. The van der Waals surface area contributed by atoms with Crippen LogP contribution in [0.3, 0.4) is 0 Å². The molecule has 0 N–H and O–H groups in total. The fourth-order valence-electron chi connectivity index (χ4n) is 1.99. The van der Waals surface area contributed by atoms with Gasteiger partial charge in [0.2, 0.25) is 0 Å². The molecule has 0 aromatic carbocycles. The van der Waals surface area contributed by atoms with E-state index >= 15 is 0 Å². The maximum Gasteiger partial charge on any atom is 0.253 e. The Morgan fingerprint density at radius 1 is 1.59 bits per heavy atom. The number of nitrogens with zero attached hydrogens (tertiary/aromatic N) is 1. The number of sulfonamides is 1. The second kappa shape index (κ2) is 5.57. The number of thiophene rings is 1. The minimum atomic E-state index is -3.32. The van der Waals surface area contributed by atoms with Gasteiger partial charge in [0, 0.05) is 23.4 Å². The van der Waals surface area contributed by atoms with Crippen molar-refractivity contribution >= 4 is 48.9 Å². The normalized spacial score (nSPS) is 22.1. The summed E-state index contributed by atoms with van der Waals surface area (Å²) in [7, 11) is -3.32. The highest BCUT2D eigenvalue weighted by atomic mass is 79.9. The van der Waals surface area contributed by atoms with Gasteiger partial charge in [-0.15, -0.1) is 22.9 Å². The van der Waals surface area contributed by atoms with Gasteiger partial charge in [0.15, 0.2) is 0 Å². The van der Waals surface area contributed by atoms with E-state index in [0.29, 0.717) is 33.6 Å². The van der Waals surface area contributed by atoms with Crippen molar-refractivity contribution in [2.45, 2.75) is 17.1 Å². The summed E-state index contributed by atoms with van der Waals surface area (Å²) in [5, 5.41) is 1.78. The van der Waals surface area contributed by atoms with Gasteiger partial charge >= 0.3 is 0 Å². The second-order valence-electron chi connectivity index (χ2n) is 4.05. The molecule has 17 heavy (non-hydrogen) atoms. The average molecular weight is 359 g/mol. The summed E-state index contributed by atoms with van der Waals surface area (Å²) in [6.45, 7) is 1.20. The fourth-order valence-corrected chi connectivity index (χ4v) is 6.28. The lowest BCUT2D eigenvalue weighted by Crippen LogP contribution is -2.28. The van der Waals surface area contributed by atoms with Crippen LogP contribution in [0.15, 0.2) is 20.1 Å². The predicted octanol–water partition coefficient (Wildman–Crippen LogP) is 3.15. The molecule has 0 aliphatic carbocycles. The van der Waals surface area contributed by atoms with Crippen LogP contribution in [0.1, 0.15) is 12.8 Å². The van der Waals surface area contributed by atoms with Gasteiger partial charge in [-0.3, -0.25) is 0 Å². The van der Waals surface area contributed by atoms with Crippen LogP contribution in [0.2, 0.25) is 0 Å². The van der Waals surface area contributed by atoms with Crippen LogP contribution in [0, 0.1) is 5.92 Å². The second-order valence-corrected chi connectivity index (χ2v) is 8.33. The van der Waals surface area contributed by atoms with E-state index in [4.69, 9.17) is 11.6 Å². The van der Waals surface area contributed by atoms with Crippen LogP contribution >= 0.6 is 38.9 Å². The molecule has 0 bridgehead atoms. The Morgan fingerprint density at radius 3 is 2.94 bits per heavy atom. The molecule has 96 valence electrons. The maximum absolute atomic E-state index is 12.3. The van der Waals surface area contributed by atoms with Gasteiger partial charge in [0.05, 0.1) is 0 Å². The zero-order valence-corrected chi connectivity index (χ0v) is 13.1. The number of halogens is 2. The average Bonchev–Trinajstić information content (AvgIpc) is 2.87. The Balaban J connectivity index is 2.16. The van der Waals surface area contributed by atoms with Crippen LogP contribution in [-0.2, 0) is 10.0 Å². The monoisotopic (exact) mass is 357 g/mol. The van der Waals surface area contributed by atoms with Crippen LogP contribution in [-0.4, -0.2) is 31.7 Å². The molecule has 0 saturated carbocycles. The number of alkyl halides is 1. The van der Waals surface area contributed by atoms with Gasteiger partial charge in [-0.25, -0.2) is 8.42 Å². The summed E-state index contributed by atoms with van der Waals surface area (Å²) < 4.78 is 27.3. The van der Waals surface area contributed by atoms with Crippen molar-refractivity contribution < 1.29 is 8.42 Å². The minimum absolute atomic E-state index is 0.404. The molecule has 1 aliphatic rings. The molecule has 0 amide bonds. The van der Waals surface area contributed by atoms with E-state index in [1.165, 1.54) is 11.3 Å². The highest BCUT2D eigenvalue weighted by Crippen LogP contribution is 2.33. The number of hydrogen-bond acceptors (Lipinski definition) is 3. The molecular formula is C10H13BrClNO2S2.